The van der Waals surface area contributed by atoms with Crippen LogP contribution in [-0.2, 0) is 24.4 Å². The van der Waals surface area contributed by atoms with Gasteiger partial charge in [0.05, 0.1) is 19.8 Å². The SMILES string of the molecule is OCc1cc2ccccc2c2ccc3c(c12)C(COCc1ccccc1)C(c1ccc(F)cc1)CC3. The molecular weight excluding hydrogens is 447 g/mol. The van der Waals surface area contributed by atoms with Gasteiger partial charge in [0.1, 0.15) is 5.82 Å². The van der Waals surface area contributed by atoms with Gasteiger partial charge in [-0.05, 0) is 86.3 Å². The minimum absolute atomic E-state index is 0.0173. The fraction of sp³-hybridized carbons (Fsp3) is 0.212. The third kappa shape index (κ3) is 4.19. The Morgan fingerprint density at radius 1 is 0.833 bits per heavy atom. The number of benzene rings is 5. The number of ether oxygens (including phenoxy) is 1. The number of aliphatic hydroxyl groups is 1. The van der Waals surface area contributed by atoms with Gasteiger partial charge in [-0.1, -0.05) is 78.9 Å². The molecular formula is C33H29FO2. The summed E-state index contributed by atoms with van der Waals surface area (Å²) in [6, 6.07) is 32.2. The monoisotopic (exact) mass is 476 g/mol. The van der Waals surface area contributed by atoms with Crippen molar-refractivity contribution in [2.24, 2.45) is 0 Å². The second-order valence-electron chi connectivity index (χ2n) is 9.78. The summed E-state index contributed by atoms with van der Waals surface area (Å²) >= 11 is 0. The summed E-state index contributed by atoms with van der Waals surface area (Å²) in [5.74, 6) is 0.0851. The van der Waals surface area contributed by atoms with Crippen LogP contribution in [0.3, 0.4) is 0 Å². The van der Waals surface area contributed by atoms with Crippen molar-refractivity contribution in [3.05, 3.63) is 131 Å². The number of hydrogen-bond donors (Lipinski definition) is 1. The molecule has 0 spiro atoms. The van der Waals surface area contributed by atoms with E-state index in [4.69, 9.17) is 4.74 Å². The Hall–Kier alpha value is -3.53. The fourth-order valence-corrected chi connectivity index (χ4v) is 6.03. The lowest BCUT2D eigenvalue weighted by atomic mass is 9.70. The summed E-state index contributed by atoms with van der Waals surface area (Å²) in [4.78, 5) is 0. The van der Waals surface area contributed by atoms with Gasteiger partial charge >= 0.3 is 0 Å². The van der Waals surface area contributed by atoms with Gasteiger partial charge in [0, 0.05) is 5.92 Å². The zero-order valence-electron chi connectivity index (χ0n) is 20.2. The molecule has 0 fully saturated rings. The van der Waals surface area contributed by atoms with Gasteiger partial charge in [-0.2, -0.15) is 0 Å². The third-order valence-corrected chi connectivity index (χ3v) is 7.70. The van der Waals surface area contributed by atoms with Crippen molar-refractivity contribution in [3.63, 3.8) is 0 Å². The molecule has 0 radical (unpaired) electrons. The molecule has 1 aliphatic carbocycles. The summed E-state index contributed by atoms with van der Waals surface area (Å²) in [6.07, 6.45) is 1.92. The topological polar surface area (TPSA) is 29.5 Å². The summed E-state index contributed by atoms with van der Waals surface area (Å²) in [7, 11) is 0. The predicted molar refractivity (Wildman–Crippen MR) is 144 cm³/mol. The molecule has 0 saturated carbocycles. The molecule has 6 rings (SSSR count). The second kappa shape index (κ2) is 9.85. The molecule has 36 heavy (non-hydrogen) atoms. The Morgan fingerprint density at radius 3 is 2.42 bits per heavy atom. The molecule has 1 N–H and O–H groups in total. The predicted octanol–water partition coefficient (Wildman–Crippen LogP) is 7.65. The van der Waals surface area contributed by atoms with E-state index in [2.05, 4.69) is 48.5 Å². The van der Waals surface area contributed by atoms with Crippen molar-refractivity contribution in [1.29, 1.82) is 0 Å². The largest absolute Gasteiger partial charge is 0.392 e. The van der Waals surface area contributed by atoms with Crippen LogP contribution >= 0.6 is 0 Å². The van der Waals surface area contributed by atoms with Crippen molar-refractivity contribution in [2.45, 2.75) is 37.9 Å². The lowest BCUT2D eigenvalue weighted by Crippen LogP contribution is -2.24. The Balaban J connectivity index is 1.50. The van der Waals surface area contributed by atoms with E-state index in [9.17, 15) is 9.50 Å². The Bertz CT molecular complexity index is 1510. The van der Waals surface area contributed by atoms with E-state index in [1.807, 2.05) is 36.4 Å². The van der Waals surface area contributed by atoms with E-state index in [1.165, 1.54) is 21.9 Å². The van der Waals surface area contributed by atoms with Crippen molar-refractivity contribution >= 4 is 21.5 Å². The average molecular weight is 477 g/mol. The zero-order valence-corrected chi connectivity index (χ0v) is 20.2. The molecule has 1 aliphatic rings. The molecule has 0 heterocycles. The van der Waals surface area contributed by atoms with Gasteiger partial charge in [0.15, 0.2) is 0 Å². The van der Waals surface area contributed by atoms with E-state index in [-0.39, 0.29) is 24.3 Å². The number of aryl methyl sites for hydroxylation is 1. The van der Waals surface area contributed by atoms with E-state index >= 15 is 0 Å². The molecule has 0 saturated heterocycles. The second-order valence-corrected chi connectivity index (χ2v) is 9.78. The van der Waals surface area contributed by atoms with Crippen LogP contribution in [0, 0.1) is 5.82 Å². The minimum atomic E-state index is -0.216. The van der Waals surface area contributed by atoms with E-state index < -0.39 is 0 Å². The van der Waals surface area contributed by atoms with E-state index in [1.54, 1.807) is 12.1 Å². The van der Waals surface area contributed by atoms with Crippen LogP contribution in [0.5, 0.6) is 0 Å². The molecule has 2 unspecified atom stereocenters. The number of halogens is 1. The highest BCUT2D eigenvalue weighted by atomic mass is 19.1. The highest BCUT2D eigenvalue weighted by Crippen LogP contribution is 2.47. The van der Waals surface area contributed by atoms with Gasteiger partial charge in [0.2, 0.25) is 0 Å². The van der Waals surface area contributed by atoms with E-state index in [0.29, 0.717) is 13.2 Å². The van der Waals surface area contributed by atoms with Crippen LogP contribution in [0.4, 0.5) is 4.39 Å². The quantitative estimate of drug-likeness (QED) is 0.255. The van der Waals surface area contributed by atoms with Gasteiger partial charge in [0.25, 0.3) is 0 Å². The van der Waals surface area contributed by atoms with Crippen molar-refractivity contribution in [2.75, 3.05) is 6.61 Å². The normalized spacial score (nSPS) is 17.4. The standard InChI is InChI=1S/C33H29FO2/c34-27-14-10-23(11-15-27)29-16-12-24-13-17-30-28-9-5-4-8-25(28)18-26(19-35)33(30)32(24)31(29)21-36-20-22-6-2-1-3-7-22/h1-11,13-15,17-18,29,31,35H,12,16,19-21H2. The maximum absolute atomic E-state index is 13.8. The molecule has 5 aromatic carbocycles. The van der Waals surface area contributed by atoms with Crippen LogP contribution < -0.4 is 0 Å². The molecule has 3 heteroatoms. The van der Waals surface area contributed by atoms with Crippen LogP contribution in [0.1, 0.15) is 46.1 Å². The fourth-order valence-electron chi connectivity index (χ4n) is 6.03. The van der Waals surface area contributed by atoms with Gasteiger partial charge in [-0.3, -0.25) is 0 Å². The highest BCUT2D eigenvalue weighted by molar-refractivity contribution is 6.10. The van der Waals surface area contributed by atoms with Gasteiger partial charge in [-0.15, -0.1) is 0 Å². The first-order valence-electron chi connectivity index (χ1n) is 12.7. The zero-order chi connectivity index (χ0) is 24.5. The Morgan fingerprint density at radius 2 is 1.61 bits per heavy atom. The molecule has 180 valence electrons. The molecule has 0 bridgehead atoms. The third-order valence-electron chi connectivity index (χ3n) is 7.70. The lowest BCUT2D eigenvalue weighted by molar-refractivity contribution is 0.0974. The minimum Gasteiger partial charge on any atom is -0.392 e. The van der Waals surface area contributed by atoms with Crippen molar-refractivity contribution < 1.29 is 14.2 Å². The first-order valence-corrected chi connectivity index (χ1v) is 12.7. The number of aliphatic hydroxyl groups excluding tert-OH is 1. The van der Waals surface area contributed by atoms with Crippen molar-refractivity contribution in [1.82, 2.24) is 0 Å². The molecule has 0 aromatic heterocycles. The first-order chi connectivity index (χ1) is 17.7. The maximum atomic E-state index is 13.8. The molecule has 2 atom stereocenters. The maximum Gasteiger partial charge on any atom is 0.123 e. The summed E-state index contributed by atoms with van der Waals surface area (Å²) in [5, 5.41) is 15.1. The summed E-state index contributed by atoms with van der Waals surface area (Å²) in [5.41, 5.74) is 5.83. The van der Waals surface area contributed by atoms with Gasteiger partial charge in [-0.25, -0.2) is 4.39 Å². The molecule has 0 amide bonds. The first kappa shape index (κ1) is 22.9. The Kier molecular flexibility index (Phi) is 6.27. The van der Waals surface area contributed by atoms with Crippen LogP contribution in [0.25, 0.3) is 21.5 Å². The average Bonchev–Trinajstić information content (AvgIpc) is 2.93. The summed E-state index contributed by atoms with van der Waals surface area (Å²) in [6.45, 7) is 1.08. The van der Waals surface area contributed by atoms with Crippen LogP contribution in [0.2, 0.25) is 0 Å². The summed E-state index contributed by atoms with van der Waals surface area (Å²) < 4.78 is 20.1. The molecule has 5 aromatic rings. The van der Waals surface area contributed by atoms with Gasteiger partial charge < -0.3 is 9.84 Å². The number of fused-ring (bicyclic) bond motifs is 5. The lowest BCUT2D eigenvalue weighted by Gasteiger charge is -2.36. The molecule has 0 aliphatic heterocycles. The number of rotatable bonds is 6. The van der Waals surface area contributed by atoms with Crippen LogP contribution in [-0.4, -0.2) is 11.7 Å². The number of hydrogen-bond acceptors (Lipinski definition) is 2. The van der Waals surface area contributed by atoms with Crippen LogP contribution in [0.15, 0.2) is 97.1 Å². The van der Waals surface area contributed by atoms with E-state index in [0.717, 1.165) is 40.3 Å². The smallest absolute Gasteiger partial charge is 0.123 e. The highest BCUT2D eigenvalue weighted by Gasteiger charge is 2.33. The Labute approximate surface area is 211 Å². The molecule has 2 nitrogen and oxygen atoms in total. The van der Waals surface area contributed by atoms with Crippen molar-refractivity contribution in [3.8, 4) is 0 Å².